The second kappa shape index (κ2) is 4.53. The molecule has 0 heterocycles. The van der Waals surface area contributed by atoms with E-state index in [1.165, 1.54) is 0 Å². The summed E-state index contributed by atoms with van der Waals surface area (Å²) in [6, 6.07) is 4.20. The third-order valence-corrected chi connectivity index (χ3v) is 3.03. The third kappa shape index (κ3) is 2.73. The van der Waals surface area contributed by atoms with E-state index >= 15 is 0 Å². The fraction of sp³-hybridized carbons (Fsp3) is 0.222. The summed E-state index contributed by atoms with van der Waals surface area (Å²) in [7, 11) is -1.68. The number of alkyl halides is 3. The molecule has 0 amide bonds. The van der Waals surface area contributed by atoms with Gasteiger partial charge in [-0.15, -0.1) is 0 Å². The van der Waals surface area contributed by atoms with Crippen molar-refractivity contribution in [2.24, 2.45) is 0 Å². The van der Waals surface area contributed by atoms with Gasteiger partial charge >= 0.3 is 6.18 Å². The molecule has 2 N–H and O–H groups in total. The maximum Gasteiger partial charge on any atom is 0.416 e. The van der Waals surface area contributed by atoms with E-state index in [2.05, 4.69) is 0 Å². The van der Waals surface area contributed by atoms with Crippen molar-refractivity contribution in [2.75, 3.05) is 11.5 Å². The lowest BCUT2D eigenvalue weighted by atomic mass is 10.2. The Labute approximate surface area is 92.1 Å². The monoisotopic (exact) mass is 248 g/mol. The van der Waals surface area contributed by atoms with Gasteiger partial charge in [-0.05, 0) is 18.2 Å². The van der Waals surface area contributed by atoms with E-state index in [0.29, 0.717) is 6.07 Å². The summed E-state index contributed by atoms with van der Waals surface area (Å²) >= 11 is 0. The highest BCUT2D eigenvalue weighted by Crippen LogP contribution is 2.32. The molecular weight excluding hydrogens is 241 g/mol. The standard InChI is InChI=1S/C9H7F3N2OS/c10-9(11,12)6-1-2-8(7(14)5-6)16(15)4-3-13/h1-2,5H,4,14H2. The number of hydrogen-bond acceptors (Lipinski definition) is 3. The Kier molecular flexibility index (Phi) is 3.55. The van der Waals surface area contributed by atoms with Gasteiger partial charge in [-0.25, -0.2) is 0 Å². The van der Waals surface area contributed by atoms with Crippen molar-refractivity contribution < 1.29 is 17.4 Å². The zero-order valence-corrected chi connectivity index (χ0v) is 8.73. The molecule has 0 aliphatic carbocycles. The second-order valence-corrected chi connectivity index (χ2v) is 4.32. The van der Waals surface area contributed by atoms with Crippen LogP contribution >= 0.6 is 0 Å². The average Bonchev–Trinajstić information content (AvgIpc) is 2.16. The molecule has 16 heavy (non-hydrogen) atoms. The number of hydrogen-bond donors (Lipinski definition) is 1. The fourth-order valence-electron chi connectivity index (χ4n) is 1.07. The second-order valence-electron chi connectivity index (χ2n) is 2.90. The first kappa shape index (κ1) is 12.5. The summed E-state index contributed by atoms with van der Waals surface area (Å²) in [5, 5.41) is 8.31. The maximum atomic E-state index is 12.3. The van der Waals surface area contributed by atoms with Crippen LogP contribution in [0.5, 0.6) is 0 Å². The zero-order valence-electron chi connectivity index (χ0n) is 7.91. The summed E-state index contributed by atoms with van der Waals surface area (Å²) in [5.41, 5.74) is 4.23. The predicted octanol–water partition coefficient (Wildman–Crippen LogP) is 1.92. The van der Waals surface area contributed by atoms with Gasteiger partial charge in [0.05, 0.1) is 27.3 Å². The molecule has 0 aliphatic heterocycles. The first-order chi connectivity index (χ1) is 7.36. The fourth-order valence-corrected chi connectivity index (χ4v) is 1.88. The minimum absolute atomic E-state index is 0.0505. The van der Waals surface area contributed by atoms with E-state index in [0.717, 1.165) is 12.1 Å². The first-order valence-electron chi connectivity index (χ1n) is 4.08. The van der Waals surface area contributed by atoms with Gasteiger partial charge in [0.15, 0.2) is 0 Å². The Morgan fingerprint density at radius 1 is 1.44 bits per heavy atom. The maximum absolute atomic E-state index is 12.3. The first-order valence-corrected chi connectivity index (χ1v) is 5.40. The van der Waals surface area contributed by atoms with Crippen LogP contribution in [-0.4, -0.2) is 9.96 Å². The van der Waals surface area contributed by atoms with Gasteiger partial charge in [-0.3, -0.25) is 4.21 Å². The highest BCUT2D eigenvalue weighted by Gasteiger charge is 2.31. The lowest BCUT2D eigenvalue weighted by Gasteiger charge is -2.09. The van der Waals surface area contributed by atoms with E-state index < -0.39 is 22.5 Å². The number of halogens is 3. The van der Waals surface area contributed by atoms with Crippen LogP contribution in [0.1, 0.15) is 5.56 Å². The molecule has 0 spiro atoms. The van der Waals surface area contributed by atoms with Crippen molar-refractivity contribution in [3.8, 4) is 6.07 Å². The number of benzene rings is 1. The lowest BCUT2D eigenvalue weighted by molar-refractivity contribution is -0.137. The molecule has 3 nitrogen and oxygen atoms in total. The van der Waals surface area contributed by atoms with Crippen LogP contribution in [0.15, 0.2) is 23.1 Å². The highest BCUT2D eigenvalue weighted by molar-refractivity contribution is 7.85. The number of nitriles is 1. The minimum atomic E-state index is -4.48. The van der Waals surface area contributed by atoms with E-state index in [4.69, 9.17) is 11.0 Å². The summed E-state index contributed by atoms with van der Waals surface area (Å²) in [6.45, 7) is 0. The molecule has 0 saturated heterocycles. The largest absolute Gasteiger partial charge is 0.416 e. The zero-order chi connectivity index (χ0) is 12.3. The van der Waals surface area contributed by atoms with Gasteiger partial charge < -0.3 is 5.73 Å². The number of anilines is 1. The number of nitrogen functional groups attached to an aromatic ring is 1. The smallest absolute Gasteiger partial charge is 0.398 e. The molecule has 0 bridgehead atoms. The Morgan fingerprint density at radius 3 is 2.50 bits per heavy atom. The van der Waals surface area contributed by atoms with Crippen molar-refractivity contribution >= 4 is 16.5 Å². The van der Waals surface area contributed by atoms with Gasteiger partial charge in [-0.2, -0.15) is 18.4 Å². The van der Waals surface area contributed by atoms with Crippen LogP contribution in [0.2, 0.25) is 0 Å². The molecular formula is C9H7F3N2OS. The molecule has 0 aliphatic rings. The molecule has 1 rings (SSSR count). The van der Waals surface area contributed by atoms with E-state index in [-0.39, 0.29) is 16.3 Å². The summed E-state index contributed by atoms with van der Waals surface area (Å²) in [5.74, 6) is -0.296. The quantitative estimate of drug-likeness (QED) is 0.813. The van der Waals surface area contributed by atoms with Gasteiger partial charge in [0.1, 0.15) is 5.75 Å². The number of rotatable bonds is 2. The molecule has 0 fully saturated rings. The van der Waals surface area contributed by atoms with Crippen molar-refractivity contribution in [3.63, 3.8) is 0 Å². The minimum Gasteiger partial charge on any atom is -0.398 e. The number of nitrogens with zero attached hydrogens (tertiary/aromatic N) is 1. The summed E-state index contributed by atoms with van der Waals surface area (Å²) < 4.78 is 48.1. The molecule has 1 aromatic carbocycles. The Hall–Kier alpha value is -1.55. The molecule has 0 aromatic heterocycles. The van der Waals surface area contributed by atoms with Crippen LogP contribution in [0.4, 0.5) is 18.9 Å². The van der Waals surface area contributed by atoms with E-state index in [1.807, 2.05) is 0 Å². The highest BCUT2D eigenvalue weighted by atomic mass is 32.2. The average molecular weight is 248 g/mol. The molecule has 1 unspecified atom stereocenters. The van der Waals surface area contributed by atoms with Crippen LogP contribution < -0.4 is 5.73 Å². The van der Waals surface area contributed by atoms with Gasteiger partial charge in [0.2, 0.25) is 0 Å². The summed E-state index contributed by atoms with van der Waals surface area (Å²) in [6.07, 6.45) is -4.48. The van der Waals surface area contributed by atoms with Crippen LogP contribution in [0.25, 0.3) is 0 Å². The molecule has 1 atom stereocenters. The van der Waals surface area contributed by atoms with Crippen LogP contribution in [0.3, 0.4) is 0 Å². The molecule has 0 saturated carbocycles. The van der Waals surface area contributed by atoms with Crippen molar-refractivity contribution in [1.82, 2.24) is 0 Å². The third-order valence-electron chi connectivity index (χ3n) is 1.78. The van der Waals surface area contributed by atoms with Crippen molar-refractivity contribution in [2.45, 2.75) is 11.1 Å². The topological polar surface area (TPSA) is 66.9 Å². The Balaban J connectivity index is 3.11. The SMILES string of the molecule is N#CCS(=O)c1ccc(C(F)(F)F)cc1N. The van der Waals surface area contributed by atoms with Crippen LogP contribution in [0, 0.1) is 11.3 Å². The van der Waals surface area contributed by atoms with Crippen LogP contribution in [-0.2, 0) is 17.0 Å². The van der Waals surface area contributed by atoms with Gasteiger partial charge in [0.25, 0.3) is 0 Å². The normalized spacial score (nSPS) is 13.1. The van der Waals surface area contributed by atoms with E-state index in [9.17, 15) is 17.4 Å². The Bertz CT molecular complexity index is 465. The molecule has 0 radical (unpaired) electrons. The van der Waals surface area contributed by atoms with Crippen molar-refractivity contribution in [1.29, 1.82) is 5.26 Å². The lowest BCUT2D eigenvalue weighted by Crippen LogP contribution is -2.08. The van der Waals surface area contributed by atoms with Gasteiger partial charge in [-0.1, -0.05) is 0 Å². The Morgan fingerprint density at radius 2 is 2.06 bits per heavy atom. The van der Waals surface area contributed by atoms with E-state index in [1.54, 1.807) is 6.07 Å². The molecule has 1 aromatic rings. The van der Waals surface area contributed by atoms with Crippen molar-refractivity contribution in [3.05, 3.63) is 23.8 Å². The number of nitrogens with two attached hydrogens (primary N) is 1. The molecule has 7 heteroatoms. The molecule has 86 valence electrons. The summed E-state index contributed by atoms with van der Waals surface area (Å²) in [4.78, 5) is 0.0505. The predicted molar refractivity (Wildman–Crippen MR) is 52.7 cm³/mol. The van der Waals surface area contributed by atoms with Gasteiger partial charge in [0, 0.05) is 5.69 Å².